The van der Waals surface area contributed by atoms with Crippen molar-refractivity contribution in [3.63, 3.8) is 0 Å². The Balaban J connectivity index is 1.74. The second-order valence-corrected chi connectivity index (χ2v) is 6.79. The van der Waals surface area contributed by atoms with Crippen LogP contribution in [0, 0.1) is 11.8 Å². The largest absolute Gasteiger partial charge is 0.478 e. The van der Waals surface area contributed by atoms with Crippen molar-refractivity contribution in [1.29, 1.82) is 0 Å². The molecule has 0 spiro atoms. The number of aliphatic carboxylic acids is 1. The van der Waals surface area contributed by atoms with Gasteiger partial charge in [-0.25, -0.2) is 9.78 Å². The van der Waals surface area contributed by atoms with Crippen LogP contribution in [0.3, 0.4) is 0 Å². The zero-order chi connectivity index (χ0) is 20.1. The molecule has 1 aromatic heterocycles. The average molecular weight is 378 g/mol. The number of rotatable bonds is 7. The van der Waals surface area contributed by atoms with Gasteiger partial charge in [0.15, 0.2) is 11.2 Å². The fourth-order valence-electron chi connectivity index (χ4n) is 2.64. The van der Waals surface area contributed by atoms with Gasteiger partial charge in [-0.1, -0.05) is 30.2 Å². The van der Waals surface area contributed by atoms with E-state index in [4.69, 9.17) is 9.15 Å². The maximum absolute atomic E-state index is 11.3. The Morgan fingerprint density at radius 2 is 2.07 bits per heavy atom. The van der Waals surface area contributed by atoms with Crippen LogP contribution in [0.15, 0.2) is 52.9 Å². The summed E-state index contributed by atoms with van der Waals surface area (Å²) < 4.78 is 11.4. The van der Waals surface area contributed by atoms with E-state index in [1.54, 1.807) is 19.1 Å². The van der Waals surface area contributed by atoms with E-state index in [2.05, 4.69) is 22.1 Å². The summed E-state index contributed by atoms with van der Waals surface area (Å²) in [6.07, 6.45) is 0. The highest BCUT2D eigenvalue weighted by atomic mass is 16.5. The monoisotopic (exact) mass is 378 g/mol. The quantitative estimate of drug-likeness (QED) is 0.606. The number of fused-ring (bicyclic) bond motifs is 1. The lowest BCUT2D eigenvalue weighted by Gasteiger charge is -2.22. The summed E-state index contributed by atoms with van der Waals surface area (Å²) in [7, 11) is 0. The highest BCUT2D eigenvalue weighted by Gasteiger charge is 2.29. The first-order valence-corrected chi connectivity index (χ1v) is 8.91. The van der Waals surface area contributed by atoms with Gasteiger partial charge >= 0.3 is 5.97 Å². The van der Waals surface area contributed by atoms with Crippen molar-refractivity contribution < 1.29 is 19.1 Å². The molecule has 0 aliphatic carbocycles. The van der Waals surface area contributed by atoms with Crippen LogP contribution in [0.4, 0.5) is 0 Å². The van der Waals surface area contributed by atoms with Gasteiger partial charge in [-0.3, -0.25) is 5.32 Å². The maximum atomic E-state index is 11.3. The van der Waals surface area contributed by atoms with Crippen LogP contribution in [0.1, 0.15) is 38.3 Å². The molecule has 0 saturated carbocycles. The third-order valence-corrected chi connectivity index (χ3v) is 4.14. The molecule has 3 aromatic rings. The predicted molar refractivity (Wildman–Crippen MR) is 106 cm³/mol. The van der Waals surface area contributed by atoms with Crippen molar-refractivity contribution in [3.8, 4) is 17.6 Å². The van der Waals surface area contributed by atoms with Gasteiger partial charge in [0.05, 0.1) is 0 Å². The normalized spacial score (nSPS) is 12.2. The molecule has 0 aliphatic heterocycles. The third kappa shape index (κ3) is 4.51. The fourth-order valence-corrected chi connectivity index (χ4v) is 2.64. The number of hydrogen-bond acceptors (Lipinski definition) is 5. The predicted octanol–water partition coefficient (Wildman–Crippen LogP) is 3.92. The summed E-state index contributed by atoms with van der Waals surface area (Å²) >= 11 is 0. The minimum absolute atomic E-state index is 0.363. The molecule has 0 saturated heterocycles. The molecule has 0 amide bonds. The Morgan fingerprint density at radius 1 is 1.29 bits per heavy atom. The molecule has 0 bridgehead atoms. The molecule has 6 heteroatoms. The summed E-state index contributed by atoms with van der Waals surface area (Å²) in [5.41, 5.74) is 1.13. The maximum Gasteiger partial charge on any atom is 0.347 e. The Hall–Kier alpha value is -3.30. The molecular formula is C22H22N2O4. The van der Waals surface area contributed by atoms with Crippen molar-refractivity contribution >= 4 is 17.1 Å². The summed E-state index contributed by atoms with van der Waals surface area (Å²) in [6.45, 7) is 5.28. The van der Waals surface area contributed by atoms with E-state index in [0.717, 1.165) is 11.1 Å². The van der Waals surface area contributed by atoms with E-state index in [9.17, 15) is 9.90 Å². The molecule has 1 atom stereocenters. The lowest BCUT2D eigenvalue weighted by atomic mass is 10.1. The van der Waals surface area contributed by atoms with Crippen molar-refractivity contribution in [2.24, 2.45) is 0 Å². The van der Waals surface area contributed by atoms with Crippen LogP contribution in [0.5, 0.6) is 5.75 Å². The molecule has 144 valence electrons. The molecule has 0 aliphatic rings. The minimum atomic E-state index is -1.31. The number of oxazole rings is 1. The molecule has 1 heterocycles. The summed E-state index contributed by atoms with van der Waals surface area (Å²) in [6, 6.07) is 14.5. The Kier molecular flexibility index (Phi) is 5.67. The number of nitrogens with one attached hydrogen (secondary N) is 1. The second kappa shape index (κ2) is 8.15. The number of aromatic nitrogens is 1. The zero-order valence-electron chi connectivity index (χ0n) is 16.0. The highest BCUT2D eigenvalue weighted by molar-refractivity contribution is 5.76. The molecule has 0 fully saturated rings. The van der Waals surface area contributed by atoms with Crippen LogP contribution in [-0.2, 0) is 11.3 Å². The molecule has 28 heavy (non-hydrogen) atoms. The molecule has 2 aromatic carbocycles. The number of carboxylic acids is 1. The van der Waals surface area contributed by atoms with Gasteiger partial charge in [0.2, 0.25) is 5.89 Å². The van der Waals surface area contributed by atoms with Gasteiger partial charge in [-0.15, -0.1) is 5.92 Å². The Morgan fingerprint density at radius 3 is 2.79 bits per heavy atom. The van der Waals surface area contributed by atoms with Gasteiger partial charge in [0, 0.05) is 6.54 Å². The van der Waals surface area contributed by atoms with Crippen LogP contribution >= 0.6 is 0 Å². The molecular weight excluding hydrogens is 356 g/mol. The number of nitrogens with zero attached hydrogens (tertiary/aromatic N) is 1. The lowest BCUT2D eigenvalue weighted by molar-refractivity contribution is -0.152. The van der Waals surface area contributed by atoms with Crippen LogP contribution in [-0.4, -0.2) is 21.7 Å². The van der Waals surface area contributed by atoms with Crippen molar-refractivity contribution in [2.75, 3.05) is 0 Å². The lowest BCUT2D eigenvalue weighted by Crippen LogP contribution is -2.37. The SMILES string of the molecule is CC#CC(NCc1cccc(OC(C)(C)C(=O)O)c1)c1nc2ccccc2o1. The fraction of sp³-hybridized carbons (Fsp3) is 0.273. The van der Waals surface area contributed by atoms with E-state index in [1.165, 1.54) is 13.8 Å². The zero-order valence-corrected chi connectivity index (χ0v) is 16.0. The first-order chi connectivity index (χ1) is 13.4. The number of ether oxygens (including phenoxy) is 1. The number of para-hydroxylation sites is 2. The minimum Gasteiger partial charge on any atom is -0.478 e. The molecule has 1 unspecified atom stereocenters. The van der Waals surface area contributed by atoms with Crippen LogP contribution in [0.2, 0.25) is 0 Å². The number of carboxylic acid groups (broad SMARTS) is 1. The average Bonchev–Trinajstić information content (AvgIpc) is 3.09. The number of hydrogen-bond donors (Lipinski definition) is 2. The van der Waals surface area contributed by atoms with Gasteiger partial charge in [0.1, 0.15) is 17.3 Å². The summed E-state index contributed by atoms with van der Waals surface area (Å²) in [5.74, 6) is 5.95. The smallest absolute Gasteiger partial charge is 0.347 e. The van der Waals surface area contributed by atoms with Gasteiger partial charge < -0.3 is 14.3 Å². The first-order valence-electron chi connectivity index (χ1n) is 8.91. The van der Waals surface area contributed by atoms with Crippen LogP contribution < -0.4 is 10.1 Å². The third-order valence-electron chi connectivity index (χ3n) is 4.14. The highest BCUT2D eigenvalue weighted by Crippen LogP contribution is 2.22. The van der Waals surface area contributed by atoms with Crippen molar-refractivity contribution in [3.05, 3.63) is 60.0 Å². The van der Waals surface area contributed by atoms with Gasteiger partial charge in [-0.05, 0) is 50.6 Å². The standard InChI is InChI=1S/C22H22N2O4/c1-4-8-18(20-24-17-11-5-6-12-19(17)27-20)23-14-15-9-7-10-16(13-15)28-22(2,3)21(25)26/h5-7,9-13,18,23H,14H2,1-3H3,(H,25,26). The van der Waals surface area contributed by atoms with Gasteiger partial charge in [-0.2, -0.15) is 0 Å². The van der Waals surface area contributed by atoms with E-state index in [0.29, 0.717) is 23.8 Å². The summed E-state index contributed by atoms with van der Waals surface area (Å²) in [5, 5.41) is 12.5. The van der Waals surface area contributed by atoms with E-state index < -0.39 is 11.6 Å². The summed E-state index contributed by atoms with van der Waals surface area (Å²) in [4.78, 5) is 15.8. The molecule has 3 rings (SSSR count). The number of benzene rings is 2. The molecule has 0 radical (unpaired) electrons. The first kappa shape index (κ1) is 19.5. The second-order valence-electron chi connectivity index (χ2n) is 6.79. The molecule has 6 nitrogen and oxygen atoms in total. The Bertz CT molecular complexity index is 1010. The van der Waals surface area contributed by atoms with Crippen LogP contribution in [0.25, 0.3) is 11.1 Å². The van der Waals surface area contributed by atoms with Gasteiger partial charge in [0.25, 0.3) is 0 Å². The molecule has 2 N–H and O–H groups in total. The Labute approximate surface area is 163 Å². The van der Waals surface area contributed by atoms with E-state index in [1.807, 2.05) is 36.4 Å². The van der Waals surface area contributed by atoms with E-state index >= 15 is 0 Å². The topological polar surface area (TPSA) is 84.6 Å². The van der Waals surface area contributed by atoms with Crippen molar-refractivity contribution in [1.82, 2.24) is 10.3 Å². The van der Waals surface area contributed by atoms with Crippen molar-refractivity contribution in [2.45, 2.75) is 39.0 Å². The number of carbonyl (C=O) groups is 1. The van der Waals surface area contributed by atoms with E-state index in [-0.39, 0.29) is 6.04 Å².